The first-order valence-corrected chi connectivity index (χ1v) is 9.04. The van der Waals surface area contributed by atoms with Crippen LogP contribution in [0.2, 0.25) is 0 Å². The second-order valence-corrected chi connectivity index (χ2v) is 6.65. The van der Waals surface area contributed by atoms with Crippen molar-refractivity contribution in [3.63, 3.8) is 0 Å². The van der Waals surface area contributed by atoms with Crippen LogP contribution in [0.3, 0.4) is 0 Å². The number of hydrogen-bond acceptors (Lipinski definition) is 7. The number of aromatic amines is 1. The fourth-order valence-corrected chi connectivity index (χ4v) is 3.70. The van der Waals surface area contributed by atoms with Crippen LogP contribution in [-0.4, -0.2) is 40.4 Å². The molecular formula is C20H21N5O3. The molecule has 0 saturated carbocycles. The number of benzene rings is 1. The van der Waals surface area contributed by atoms with Gasteiger partial charge in [0.25, 0.3) is 0 Å². The molecule has 2 aromatic heterocycles. The number of anilines is 2. The number of esters is 1. The lowest BCUT2D eigenvalue weighted by atomic mass is 9.93. The number of nitrogens with zero attached hydrogens (tertiary/aromatic N) is 3. The zero-order chi connectivity index (χ0) is 19.7. The van der Waals surface area contributed by atoms with E-state index in [0.29, 0.717) is 11.8 Å². The van der Waals surface area contributed by atoms with E-state index in [1.54, 1.807) is 13.3 Å². The van der Waals surface area contributed by atoms with Gasteiger partial charge in [0.05, 0.1) is 19.9 Å². The summed E-state index contributed by atoms with van der Waals surface area (Å²) in [4.78, 5) is 20.1. The van der Waals surface area contributed by atoms with Crippen LogP contribution in [0.1, 0.15) is 33.7 Å². The number of nitrogens with one attached hydrogen (secondary N) is 2. The molecule has 1 aliphatic rings. The Labute approximate surface area is 162 Å². The van der Waals surface area contributed by atoms with E-state index in [9.17, 15) is 4.79 Å². The molecule has 1 aromatic carbocycles. The van der Waals surface area contributed by atoms with E-state index < -0.39 is 5.97 Å². The topological polar surface area (TPSA) is 102 Å². The Balaban J connectivity index is 1.83. The minimum Gasteiger partial charge on any atom is -0.481 e. The van der Waals surface area contributed by atoms with E-state index in [1.165, 1.54) is 18.2 Å². The Kier molecular flexibility index (Phi) is 4.68. The van der Waals surface area contributed by atoms with Gasteiger partial charge in [-0.1, -0.05) is 6.07 Å². The maximum Gasteiger partial charge on any atom is 0.375 e. The summed E-state index contributed by atoms with van der Waals surface area (Å²) in [6.45, 7) is 2.09. The van der Waals surface area contributed by atoms with Crippen molar-refractivity contribution in [1.29, 1.82) is 0 Å². The molecule has 0 fully saturated rings. The normalized spacial score (nSPS) is 12.5. The Hall–Kier alpha value is -3.42. The molecule has 28 heavy (non-hydrogen) atoms. The predicted molar refractivity (Wildman–Crippen MR) is 104 cm³/mol. The Morgan fingerprint density at radius 1 is 1.25 bits per heavy atom. The SMILES string of the molecule is COC(=O)c1nc(Nc2c3c(cc(C)c2-c2ccnc(OC)c2)CCC3)n[nH]1. The molecule has 0 unspecified atom stereocenters. The Bertz CT molecular complexity index is 1040. The molecule has 1 aliphatic carbocycles. The molecule has 8 nitrogen and oxygen atoms in total. The van der Waals surface area contributed by atoms with Gasteiger partial charge in [-0.2, -0.15) is 4.98 Å². The first-order chi connectivity index (χ1) is 13.6. The summed E-state index contributed by atoms with van der Waals surface area (Å²) in [6.07, 6.45) is 4.86. The van der Waals surface area contributed by atoms with Crippen molar-refractivity contribution >= 4 is 17.6 Å². The summed E-state index contributed by atoms with van der Waals surface area (Å²) in [5.74, 6) is 0.368. The number of methoxy groups -OCH3 is 2. The van der Waals surface area contributed by atoms with Crippen LogP contribution < -0.4 is 10.1 Å². The van der Waals surface area contributed by atoms with E-state index in [4.69, 9.17) is 9.47 Å². The van der Waals surface area contributed by atoms with E-state index >= 15 is 0 Å². The van der Waals surface area contributed by atoms with Gasteiger partial charge < -0.3 is 14.8 Å². The number of pyridine rings is 1. The Morgan fingerprint density at radius 2 is 2.11 bits per heavy atom. The molecule has 0 amide bonds. The molecule has 144 valence electrons. The maximum absolute atomic E-state index is 11.7. The van der Waals surface area contributed by atoms with E-state index in [2.05, 4.69) is 38.5 Å². The quantitative estimate of drug-likeness (QED) is 0.656. The third kappa shape index (κ3) is 3.17. The van der Waals surface area contributed by atoms with Crippen LogP contribution in [-0.2, 0) is 17.6 Å². The monoisotopic (exact) mass is 379 g/mol. The number of aryl methyl sites for hydroxylation is 2. The average Bonchev–Trinajstić information content (AvgIpc) is 3.36. The van der Waals surface area contributed by atoms with Crippen molar-refractivity contribution < 1.29 is 14.3 Å². The molecule has 2 N–H and O–H groups in total. The number of H-pyrrole nitrogens is 1. The van der Waals surface area contributed by atoms with Gasteiger partial charge in [-0.05, 0) is 54.5 Å². The highest BCUT2D eigenvalue weighted by Gasteiger charge is 2.23. The molecule has 0 spiro atoms. The van der Waals surface area contributed by atoms with Gasteiger partial charge in [0.2, 0.25) is 17.7 Å². The fraction of sp³-hybridized carbons (Fsp3) is 0.300. The second kappa shape index (κ2) is 7.30. The van der Waals surface area contributed by atoms with E-state index in [-0.39, 0.29) is 5.82 Å². The van der Waals surface area contributed by atoms with E-state index in [0.717, 1.165) is 41.6 Å². The van der Waals surface area contributed by atoms with Crippen LogP contribution in [0, 0.1) is 6.92 Å². The molecule has 0 radical (unpaired) electrons. The summed E-state index contributed by atoms with van der Waals surface area (Å²) >= 11 is 0. The van der Waals surface area contributed by atoms with Crippen molar-refractivity contribution in [2.75, 3.05) is 19.5 Å². The van der Waals surface area contributed by atoms with Crippen molar-refractivity contribution in [3.05, 3.63) is 46.9 Å². The predicted octanol–water partition coefficient (Wildman–Crippen LogP) is 3.20. The van der Waals surface area contributed by atoms with Gasteiger partial charge in [0, 0.05) is 17.8 Å². The first kappa shape index (κ1) is 18.0. The summed E-state index contributed by atoms with van der Waals surface area (Å²) in [6, 6.07) is 6.11. The molecule has 0 saturated heterocycles. The highest BCUT2D eigenvalue weighted by Crippen LogP contribution is 2.41. The summed E-state index contributed by atoms with van der Waals surface area (Å²) < 4.78 is 9.99. The van der Waals surface area contributed by atoms with Crippen LogP contribution in [0.5, 0.6) is 5.88 Å². The fourth-order valence-electron chi connectivity index (χ4n) is 3.70. The summed E-state index contributed by atoms with van der Waals surface area (Å²) in [7, 11) is 2.91. The van der Waals surface area contributed by atoms with Crippen LogP contribution in [0.15, 0.2) is 24.4 Å². The number of aromatic nitrogens is 4. The second-order valence-electron chi connectivity index (χ2n) is 6.65. The molecule has 3 aromatic rings. The molecule has 0 atom stereocenters. The number of rotatable bonds is 5. The molecular weight excluding hydrogens is 358 g/mol. The zero-order valence-electron chi connectivity index (χ0n) is 16.0. The number of fused-ring (bicyclic) bond motifs is 1. The standard InChI is InChI=1S/C20H21N5O3/c1-11-9-12-5-4-6-14(12)17(16(11)13-7-8-21-15(10-13)27-2)22-20-23-18(24-25-20)19(26)28-3/h7-10H,4-6H2,1-3H3,(H2,22,23,24,25). The number of ether oxygens (including phenoxy) is 2. The van der Waals surface area contributed by atoms with Gasteiger partial charge in [0.15, 0.2) is 0 Å². The van der Waals surface area contributed by atoms with Gasteiger partial charge in [0.1, 0.15) is 0 Å². The summed E-state index contributed by atoms with van der Waals surface area (Å²) in [5.41, 5.74) is 6.71. The minimum atomic E-state index is -0.561. The molecule has 4 rings (SSSR count). The van der Waals surface area contributed by atoms with E-state index in [1.807, 2.05) is 12.1 Å². The lowest BCUT2D eigenvalue weighted by Crippen LogP contribution is -2.04. The van der Waals surface area contributed by atoms with Crippen molar-refractivity contribution in [1.82, 2.24) is 20.2 Å². The maximum atomic E-state index is 11.7. The lowest BCUT2D eigenvalue weighted by molar-refractivity contribution is 0.0587. The number of hydrogen-bond donors (Lipinski definition) is 2. The molecule has 0 bridgehead atoms. The van der Waals surface area contributed by atoms with Gasteiger partial charge in [-0.25, -0.2) is 9.78 Å². The van der Waals surface area contributed by atoms with Gasteiger partial charge in [-0.3, -0.25) is 5.10 Å². The number of carbonyl (C=O) groups is 1. The van der Waals surface area contributed by atoms with Crippen molar-refractivity contribution in [3.8, 4) is 17.0 Å². The lowest BCUT2D eigenvalue weighted by Gasteiger charge is -2.18. The van der Waals surface area contributed by atoms with Crippen LogP contribution >= 0.6 is 0 Å². The van der Waals surface area contributed by atoms with Crippen LogP contribution in [0.4, 0.5) is 11.6 Å². The van der Waals surface area contributed by atoms with Crippen molar-refractivity contribution in [2.24, 2.45) is 0 Å². The summed E-state index contributed by atoms with van der Waals surface area (Å²) in [5, 5.41) is 10.1. The average molecular weight is 379 g/mol. The third-order valence-electron chi connectivity index (χ3n) is 4.93. The third-order valence-corrected chi connectivity index (χ3v) is 4.93. The molecule has 8 heteroatoms. The minimum absolute atomic E-state index is 0.0569. The Morgan fingerprint density at radius 3 is 2.89 bits per heavy atom. The van der Waals surface area contributed by atoms with Crippen molar-refractivity contribution in [2.45, 2.75) is 26.2 Å². The smallest absolute Gasteiger partial charge is 0.375 e. The largest absolute Gasteiger partial charge is 0.481 e. The highest BCUT2D eigenvalue weighted by molar-refractivity contribution is 5.88. The molecule has 0 aliphatic heterocycles. The highest BCUT2D eigenvalue weighted by atomic mass is 16.5. The first-order valence-electron chi connectivity index (χ1n) is 9.04. The van der Waals surface area contributed by atoms with Crippen LogP contribution in [0.25, 0.3) is 11.1 Å². The number of carbonyl (C=O) groups excluding carboxylic acids is 1. The van der Waals surface area contributed by atoms with Gasteiger partial charge >= 0.3 is 5.97 Å². The molecule has 2 heterocycles. The zero-order valence-corrected chi connectivity index (χ0v) is 16.0. The van der Waals surface area contributed by atoms with Gasteiger partial charge in [-0.15, -0.1) is 5.10 Å².